The van der Waals surface area contributed by atoms with E-state index in [0.29, 0.717) is 34.7 Å². The number of benzene rings is 1. The summed E-state index contributed by atoms with van der Waals surface area (Å²) in [5.41, 5.74) is 3.69. The minimum absolute atomic E-state index is 0.0257. The predicted octanol–water partition coefficient (Wildman–Crippen LogP) is 5.35. The second kappa shape index (κ2) is 6.54. The maximum absolute atomic E-state index is 12.4. The van der Waals surface area contributed by atoms with E-state index in [1.54, 1.807) is 0 Å². The summed E-state index contributed by atoms with van der Waals surface area (Å²) in [7, 11) is 0. The minimum atomic E-state index is -0.814. The molecule has 1 aromatic heterocycles. The molecule has 3 fully saturated rings. The average Bonchev–Trinajstić information content (AvgIpc) is 3.04. The normalized spacial score (nSPS) is 41.2. The first kappa shape index (κ1) is 19.7. The van der Waals surface area contributed by atoms with Crippen molar-refractivity contribution < 1.29 is 15.0 Å². The molecule has 2 N–H and O–H groups in total. The Labute approximate surface area is 184 Å². The van der Waals surface area contributed by atoms with Crippen molar-refractivity contribution in [2.24, 2.45) is 29.1 Å². The maximum Gasteiger partial charge on any atom is 0.336 e. The van der Waals surface area contributed by atoms with Crippen LogP contribution < -0.4 is 0 Å². The van der Waals surface area contributed by atoms with Gasteiger partial charge in [0.25, 0.3) is 0 Å². The van der Waals surface area contributed by atoms with Gasteiger partial charge in [0, 0.05) is 10.8 Å². The van der Waals surface area contributed by atoms with Crippen LogP contribution in [-0.4, -0.2) is 27.3 Å². The second-order valence-electron chi connectivity index (χ2n) is 11.4. The van der Waals surface area contributed by atoms with Crippen LogP contribution in [0.5, 0.6) is 0 Å². The van der Waals surface area contributed by atoms with Crippen LogP contribution in [0.25, 0.3) is 10.9 Å². The van der Waals surface area contributed by atoms with E-state index >= 15 is 0 Å². The molecule has 1 heterocycles. The molecule has 4 aliphatic rings. The number of aliphatic hydroxyl groups is 1. The molecule has 31 heavy (non-hydrogen) atoms. The smallest absolute Gasteiger partial charge is 0.336 e. The van der Waals surface area contributed by atoms with Crippen molar-refractivity contribution in [1.29, 1.82) is 0 Å². The standard InChI is InChI=1S/C27H33NO3/c1-26-11-9-16(29)13-15(26)7-8-17-20(26)10-12-27(2)21(17)14-19-23(25(30)31)18-5-3-4-6-22(18)28-24(19)27/h3-6,15-17,20-21,29H,7-14H2,1-2H3,(H,30,31)/t15-,16-,17-,20-,21-,26-,27-/m0/s1. The maximum atomic E-state index is 12.4. The van der Waals surface area contributed by atoms with Gasteiger partial charge < -0.3 is 10.2 Å². The number of para-hydroxylation sites is 1. The van der Waals surface area contributed by atoms with E-state index in [2.05, 4.69) is 13.8 Å². The highest BCUT2D eigenvalue weighted by Crippen LogP contribution is 2.65. The Morgan fingerprint density at radius 2 is 1.87 bits per heavy atom. The summed E-state index contributed by atoms with van der Waals surface area (Å²) in [6, 6.07) is 7.75. The van der Waals surface area contributed by atoms with Crippen molar-refractivity contribution in [2.75, 3.05) is 0 Å². The summed E-state index contributed by atoms with van der Waals surface area (Å²) in [5, 5.41) is 21.2. The zero-order chi connectivity index (χ0) is 21.5. The van der Waals surface area contributed by atoms with Crippen molar-refractivity contribution in [2.45, 2.75) is 76.7 Å². The molecule has 0 saturated heterocycles. The van der Waals surface area contributed by atoms with E-state index in [9.17, 15) is 15.0 Å². The summed E-state index contributed by atoms with van der Waals surface area (Å²) in [6.07, 6.45) is 8.51. The topological polar surface area (TPSA) is 70.4 Å². The fourth-order valence-electron chi connectivity index (χ4n) is 8.61. The van der Waals surface area contributed by atoms with Gasteiger partial charge in [-0.25, -0.2) is 4.79 Å². The fourth-order valence-corrected chi connectivity index (χ4v) is 8.61. The Kier molecular flexibility index (Phi) is 4.16. The summed E-state index contributed by atoms with van der Waals surface area (Å²) < 4.78 is 0. The van der Waals surface area contributed by atoms with Crippen LogP contribution in [0.4, 0.5) is 0 Å². The van der Waals surface area contributed by atoms with Crippen LogP contribution in [0.15, 0.2) is 24.3 Å². The first-order valence-electron chi connectivity index (χ1n) is 12.2. The highest BCUT2D eigenvalue weighted by molar-refractivity contribution is 6.04. The monoisotopic (exact) mass is 419 g/mol. The third-order valence-corrected chi connectivity index (χ3v) is 10.2. The van der Waals surface area contributed by atoms with Crippen LogP contribution >= 0.6 is 0 Å². The van der Waals surface area contributed by atoms with Gasteiger partial charge in [-0.15, -0.1) is 0 Å². The van der Waals surface area contributed by atoms with E-state index in [4.69, 9.17) is 4.98 Å². The first-order valence-corrected chi connectivity index (χ1v) is 12.2. The molecule has 0 bridgehead atoms. The number of aromatic nitrogens is 1. The molecule has 4 nitrogen and oxygen atoms in total. The Balaban J connectivity index is 1.45. The van der Waals surface area contributed by atoms with Gasteiger partial charge in [0.2, 0.25) is 0 Å². The van der Waals surface area contributed by atoms with Crippen LogP contribution in [0.1, 0.15) is 80.4 Å². The molecular weight excluding hydrogens is 386 g/mol. The molecular formula is C27H33NO3. The highest BCUT2D eigenvalue weighted by Gasteiger charge is 2.60. The fraction of sp³-hybridized carbons (Fsp3) is 0.630. The molecule has 1 aromatic carbocycles. The Morgan fingerprint density at radius 1 is 1.06 bits per heavy atom. The van der Waals surface area contributed by atoms with Crippen molar-refractivity contribution in [3.05, 3.63) is 41.1 Å². The van der Waals surface area contributed by atoms with Gasteiger partial charge >= 0.3 is 5.97 Å². The summed E-state index contributed by atoms with van der Waals surface area (Å²) in [4.78, 5) is 17.5. The lowest BCUT2D eigenvalue weighted by Gasteiger charge is -2.60. The molecule has 0 aliphatic heterocycles. The lowest BCUT2D eigenvalue weighted by Crippen LogP contribution is -2.54. The van der Waals surface area contributed by atoms with Crippen molar-refractivity contribution in [1.82, 2.24) is 4.98 Å². The summed E-state index contributed by atoms with van der Waals surface area (Å²) in [5.74, 6) is 1.63. The average molecular weight is 420 g/mol. The van der Waals surface area contributed by atoms with Crippen LogP contribution in [0.2, 0.25) is 0 Å². The molecule has 4 heteroatoms. The molecule has 6 rings (SSSR count). The number of nitrogens with zero attached hydrogens (tertiary/aromatic N) is 1. The third kappa shape index (κ3) is 2.57. The van der Waals surface area contributed by atoms with Gasteiger partial charge in [0.05, 0.1) is 22.9 Å². The largest absolute Gasteiger partial charge is 0.478 e. The number of hydrogen-bond donors (Lipinski definition) is 2. The van der Waals surface area contributed by atoms with Crippen molar-refractivity contribution in [3.63, 3.8) is 0 Å². The van der Waals surface area contributed by atoms with Gasteiger partial charge in [-0.05, 0) is 92.1 Å². The van der Waals surface area contributed by atoms with E-state index < -0.39 is 5.97 Å². The second-order valence-corrected chi connectivity index (χ2v) is 11.4. The highest BCUT2D eigenvalue weighted by atomic mass is 16.4. The van der Waals surface area contributed by atoms with Crippen LogP contribution in [-0.2, 0) is 11.8 Å². The number of rotatable bonds is 1. The van der Waals surface area contributed by atoms with E-state index in [0.717, 1.165) is 54.3 Å². The zero-order valence-electron chi connectivity index (χ0n) is 18.6. The number of aromatic carboxylic acids is 1. The lowest BCUT2D eigenvalue weighted by atomic mass is 9.45. The Morgan fingerprint density at radius 3 is 2.68 bits per heavy atom. The molecule has 164 valence electrons. The minimum Gasteiger partial charge on any atom is -0.478 e. The first-order chi connectivity index (χ1) is 14.8. The molecule has 2 aromatic rings. The molecule has 4 aliphatic carbocycles. The van der Waals surface area contributed by atoms with Gasteiger partial charge in [-0.1, -0.05) is 32.0 Å². The quantitative estimate of drug-likeness (QED) is 0.654. The third-order valence-electron chi connectivity index (χ3n) is 10.2. The van der Waals surface area contributed by atoms with Gasteiger partial charge in [-0.3, -0.25) is 4.98 Å². The lowest BCUT2D eigenvalue weighted by molar-refractivity contribution is -0.111. The van der Waals surface area contributed by atoms with Crippen molar-refractivity contribution in [3.8, 4) is 0 Å². The van der Waals surface area contributed by atoms with Crippen molar-refractivity contribution >= 4 is 16.9 Å². The summed E-state index contributed by atoms with van der Waals surface area (Å²) >= 11 is 0. The number of pyridine rings is 1. The molecule has 7 atom stereocenters. The molecule has 0 amide bonds. The van der Waals surface area contributed by atoms with Gasteiger partial charge in [0.15, 0.2) is 0 Å². The van der Waals surface area contributed by atoms with Gasteiger partial charge in [-0.2, -0.15) is 0 Å². The van der Waals surface area contributed by atoms with E-state index in [-0.39, 0.29) is 11.5 Å². The predicted molar refractivity (Wildman–Crippen MR) is 120 cm³/mol. The molecule has 0 spiro atoms. The number of carbonyl (C=O) groups is 1. The molecule has 0 radical (unpaired) electrons. The Hall–Kier alpha value is -1.94. The SMILES string of the molecule is C[C@]12CC[C@H](O)C[C@@H]1CC[C@H]1[C@@H]2CC[C@]2(C)c3nc4ccccc4c(C(=O)O)c3C[C@@H]12. The van der Waals surface area contributed by atoms with Gasteiger partial charge in [0.1, 0.15) is 0 Å². The van der Waals surface area contributed by atoms with Crippen LogP contribution in [0.3, 0.4) is 0 Å². The number of carboxylic acid groups (broad SMARTS) is 1. The number of carboxylic acids is 1. The van der Waals surface area contributed by atoms with E-state index in [1.165, 1.54) is 19.3 Å². The number of aliphatic hydroxyl groups excluding tert-OH is 1. The summed E-state index contributed by atoms with van der Waals surface area (Å²) in [6.45, 7) is 4.87. The van der Waals surface area contributed by atoms with E-state index in [1.807, 2.05) is 24.3 Å². The molecule has 0 unspecified atom stereocenters. The zero-order valence-corrected chi connectivity index (χ0v) is 18.6. The number of hydrogen-bond acceptors (Lipinski definition) is 3. The number of fused-ring (bicyclic) bond motifs is 8. The van der Waals surface area contributed by atoms with Crippen LogP contribution in [0, 0.1) is 29.1 Å². The Bertz CT molecular complexity index is 1080. The molecule has 3 saturated carbocycles.